The summed E-state index contributed by atoms with van der Waals surface area (Å²) in [7, 11) is 0. The molecule has 4 nitrogen and oxygen atoms in total. The lowest BCUT2D eigenvalue weighted by atomic mass is 9.98. The summed E-state index contributed by atoms with van der Waals surface area (Å²) < 4.78 is 0. The number of rotatable bonds is 6. The van der Waals surface area contributed by atoms with Crippen molar-refractivity contribution in [1.82, 2.24) is 4.90 Å². The zero-order chi connectivity index (χ0) is 14.0. The van der Waals surface area contributed by atoms with Crippen LogP contribution in [0.15, 0.2) is 0 Å². The van der Waals surface area contributed by atoms with Gasteiger partial charge in [0.05, 0.1) is 0 Å². The Morgan fingerprint density at radius 3 is 2.00 bits per heavy atom. The molecule has 0 aliphatic carbocycles. The molecule has 0 rings (SSSR count). The highest BCUT2D eigenvalue weighted by molar-refractivity contribution is 5.76. The van der Waals surface area contributed by atoms with Gasteiger partial charge in [0.25, 0.3) is 0 Å². The molecule has 2 N–H and O–H groups in total. The van der Waals surface area contributed by atoms with Gasteiger partial charge >= 0.3 is 0 Å². The molecule has 0 aromatic heterocycles. The highest BCUT2D eigenvalue weighted by atomic mass is 16.2. The van der Waals surface area contributed by atoms with Gasteiger partial charge in [0.2, 0.25) is 11.8 Å². The summed E-state index contributed by atoms with van der Waals surface area (Å²) in [5.74, 6) is -0.419. The Morgan fingerprint density at radius 2 is 1.76 bits per heavy atom. The molecule has 0 saturated heterocycles. The van der Waals surface area contributed by atoms with Crippen molar-refractivity contribution < 1.29 is 9.59 Å². The Morgan fingerprint density at radius 1 is 1.29 bits per heavy atom. The van der Waals surface area contributed by atoms with Crippen LogP contribution in [0, 0.1) is 18.8 Å². The number of hydrogen-bond acceptors (Lipinski definition) is 2. The minimum Gasteiger partial charge on any atom is -0.369 e. The van der Waals surface area contributed by atoms with Crippen LogP contribution in [0.2, 0.25) is 0 Å². The van der Waals surface area contributed by atoms with E-state index in [9.17, 15) is 9.59 Å². The van der Waals surface area contributed by atoms with E-state index in [1.54, 1.807) is 18.7 Å². The smallest absolute Gasteiger partial charge is 0.220 e. The van der Waals surface area contributed by atoms with E-state index in [0.29, 0.717) is 13.0 Å². The molecule has 0 saturated carbocycles. The predicted molar refractivity (Wildman–Crippen MR) is 70.0 cm³/mol. The highest BCUT2D eigenvalue weighted by Crippen LogP contribution is 2.15. The van der Waals surface area contributed by atoms with Crippen molar-refractivity contribution >= 4 is 11.8 Å². The Bertz CT molecular complexity index is 261. The van der Waals surface area contributed by atoms with Crippen molar-refractivity contribution in [2.75, 3.05) is 6.54 Å². The molecule has 0 bridgehead atoms. The third-order valence-electron chi connectivity index (χ3n) is 2.77. The van der Waals surface area contributed by atoms with Crippen molar-refractivity contribution in [3.05, 3.63) is 0 Å². The van der Waals surface area contributed by atoms with E-state index in [0.717, 1.165) is 6.42 Å². The van der Waals surface area contributed by atoms with Crippen LogP contribution in [0.25, 0.3) is 0 Å². The average Bonchev–Trinajstić information content (AvgIpc) is 2.30. The first-order valence-corrected chi connectivity index (χ1v) is 5.83. The Hall–Kier alpha value is -1.50. The van der Waals surface area contributed by atoms with Crippen molar-refractivity contribution in [1.29, 1.82) is 0 Å². The number of amides is 2. The molecule has 0 unspecified atom stereocenters. The maximum atomic E-state index is 11.3. The predicted octanol–water partition coefficient (Wildman–Crippen LogP) is 1.39. The molecule has 0 aliphatic rings. The third kappa shape index (κ3) is 6.62. The molecular weight excluding hydrogens is 216 g/mol. The quantitative estimate of drug-likeness (QED) is 0.713. The second-order valence-electron chi connectivity index (χ2n) is 3.91. The standard InChI is InChI=1S/C11H22N2O2.C2H2/c1-5-10(7-8(3)11(12)15)13(6-2)9(4)14;1-2/h8,10H,5-7H2,1-4H3,(H2,12,15);1-2H/t8-,10+;/m1./s1. The fourth-order valence-electron chi connectivity index (χ4n) is 1.78. The van der Waals surface area contributed by atoms with E-state index in [2.05, 4.69) is 12.8 Å². The number of carbonyl (C=O) groups is 2. The maximum absolute atomic E-state index is 11.3. The molecule has 2 atom stereocenters. The summed E-state index contributed by atoms with van der Waals surface area (Å²) in [5.41, 5.74) is 5.21. The molecule has 98 valence electrons. The van der Waals surface area contributed by atoms with Gasteiger partial charge in [-0.25, -0.2) is 0 Å². The van der Waals surface area contributed by atoms with Crippen LogP contribution in [0.4, 0.5) is 0 Å². The van der Waals surface area contributed by atoms with Gasteiger partial charge in [0.1, 0.15) is 0 Å². The summed E-state index contributed by atoms with van der Waals surface area (Å²) >= 11 is 0. The van der Waals surface area contributed by atoms with Crippen LogP contribution in [0.5, 0.6) is 0 Å². The van der Waals surface area contributed by atoms with E-state index in [1.807, 2.05) is 13.8 Å². The second-order valence-corrected chi connectivity index (χ2v) is 3.91. The largest absolute Gasteiger partial charge is 0.369 e. The fourth-order valence-corrected chi connectivity index (χ4v) is 1.78. The van der Waals surface area contributed by atoms with Gasteiger partial charge in [-0.05, 0) is 19.8 Å². The fraction of sp³-hybridized carbons (Fsp3) is 0.692. The molecule has 4 heteroatoms. The summed E-state index contributed by atoms with van der Waals surface area (Å²) in [6.07, 6.45) is 9.50. The summed E-state index contributed by atoms with van der Waals surface area (Å²) in [6, 6.07) is 0.120. The zero-order valence-corrected chi connectivity index (χ0v) is 11.3. The summed E-state index contributed by atoms with van der Waals surface area (Å²) in [4.78, 5) is 24.1. The first-order valence-electron chi connectivity index (χ1n) is 5.83. The molecule has 2 amide bonds. The van der Waals surface area contributed by atoms with Crippen molar-refractivity contribution in [3.63, 3.8) is 0 Å². The van der Waals surface area contributed by atoms with Crippen LogP contribution in [-0.4, -0.2) is 29.3 Å². The number of terminal acetylenes is 1. The van der Waals surface area contributed by atoms with Gasteiger partial charge in [0.15, 0.2) is 0 Å². The molecule has 0 spiro atoms. The molecule has 17 heavy (non-hydrogen) atoms. The van der Waals surface area contributed by atoms with Crippen molar-refractivity contribution in [2.24, 2.45) is 11.7 Å². The highest BCUT2D eigenvalue weighted by Gasteiger charge is 2.22. The minimum absolute atomic E-state index is 0.0565. The molecule has 0 aromatic carbocycles. The molecular formula is C13H24N2O2. The van der Waals surface area contributed by atoms with Gasteiger partial charge in [-0.15, -0.1) is 12.8 Å². The van der Waals surface area contributed by atoms with E-state index in [-0.39, 0.29) is 23.8 Å². The van der Waals surface area contributed by atoms with E-state index < -0.39 is 0 Å². The zero-order valence-electron chi connectivity index (χ0n) is 11.3. The van der Waals surface area contributed by atoms with Crippen LogP contribution >= 0.6 is 0 Å². The molecule has 0 heterocycles. The molecule has 0 radical (unpaired) electrons. The van der Waals surface area contributed by atoms with Gasteiger partial charge in [0, 0.05) is 25.4 Å². The number of carbonyl (C=O) groups excluding carboxylic acids is 2. The second kappa shape index (κ2) is 9.71. The van der Waals surface area contributed by atoms with Crippen LogP contribution < -0.4 is 5.73 Å². The summed E-state index contributed by atoms with van der Waals surface area (Å²) in [5, 5.41) is 0. The van der Waals surface area contributed by atoms with Gasteiger partial charge in [-0.3, -0.25) is 9.59 Å². The van der Waals surface area contributed by atoms with Crippen molar-refractivity contribution in [3.8, 4) is 12.8 Å². The van der Waals surface area contributed by atoms with E-state index in [1.165, 1.54) is 0 Å². The van der Waals surface area contributed by atoms with Gasteiger partial charge in [-0.2, -0.15) is 0 Å². The molecule has 0 aliphatic heterocycles. The Labute approximate surface area is 105 Å². The topological polar surface area (TPSA) is 63.4 Å². The SMILES string of the molecule is C#C.CC[C@@H](C[C@@H](C)C(N)=O)N(CC)C(C)=O. The van der Waals surface area contributed by atoms with Crippen molar-refractivity contribution in [2.45, 2.75) is 46.6 Å². The monoisotopic (exact) mass is 240 g/mol. The lowest BCUT2D eigenvalue weighted by Gasteiger charge is -2.30. The Kier molecular flexibility index (Phi) is 10.2. The summed E-state index contributed by atoms with van der Waals surface area (Å²) in [6.45, 7) is 8.00. The first kappa shape index (κ1) is 17.9. The lowest BCUT2D eigenvalue weighted by Crippen LogP contribution is -2.40. The average molecular weight is 240 g/mol. The van der Waals surface area contributed by atoms with Gasteiger partial charge < -0.3 is 10.6 Å². The van der Waals surface area contributed by atoms with Crippen LogP contribution in [0.3, 0.4) is 0 Å². The molecule has 0 aromatic rings. The van der Waals surface area contributed by atoms with E-state index in [4.69, 9.17) is 5.73 Å². The van der Waals surface area contributed by atoms with Crippen LogP contribution in [-0.2, 0) is 9.59 Å². The van der Waals surface area contributed by atoms with Gasteiger partial charge in [-0.1, -0.05) is 13.8 Å². The lowest BCUT2D eigenvalue weighted by molar-refractivity contribution is -0.132. The number of nitrogens with zero attached hydrogens (tertiary/aromatic N) is 1. The normalized spacial score (nSPS) is 12.8. The number of primary amides is 1. The number of hydrogen-bond donors (Lipinski definition) is 1. The maximum Gasteiger partial charge on any atom is 0.220 e. The first-order chi connectivity index (χ1) is 7.93. The minimum atomic E-state index is -0.298. The number of nitrogens with two attached hydrogens (primary N) is 1. The van der Waals surface area contributed by atoms with E-state index >= 15 is 0 Å². The van der Waals surface area contributed by atoms with Crippen LogP contribution in [0.1, 0.15) is 40.5 Å². The third-order valence-corrected chi connectivity index (χ3v) is 2.77. The Balaban J connectivity index is 0. The molecule has 0 fully saturated rings.